The monoisotopic (exact) mass is 692 g/mol. The van der Waals surface area contributed by atoms with Crippen molar-refractivity contribution in [3.05, 3.63) is 194 Å². The van der Waals surface area contributed by atoms with Crippen molar-refractivity contribution in [3.8, 4) is 27.9 Å². The van der Waals surface area contributed by atoms with Gasteiger partial charge in [-0.15, -0.1) is 0 Å². The molecule has 0 saturated heterocycles. The smallest absolute Gasteiger partial charge is 0.0681 e. The minimum atomic E-state index is 1.11. The average molecular weight is 693 g/mol. The minimum absolute atomic E-state index is 1.11. The van der Waals surface area contributed by atoms with Crippen LogP contribution in [-0.4, -0.2) is 4.57 Å². The van der Waals surface area contributed by atoms with Crippen LogP contribution in [0.1, 0.15) is 0 Å². The standard InChI is InChI=1S/C50H32N2S/c1-2-11-37-31-41(29-21-33(37)9-1)51(40-27-22-36(23-28-40)43-15-7-12-35-10-3-4-13-42(35)43)39-25-19-34(20-26-39)38-24-30-48-47(32-38)52-46-17-6-5-14-44(46)45-16-8-18-49(53-48)50(45)52/h1-32H. The SMILES string of the molecule is c1ccc2cc(N(c3ccc(-c4ccc5c(c4)-n4c6ccccc6c6cccc(c64)S5)cc3)c3ccc(-c4cccc5ccccc45)cc3)ccc2c1. The van der Waals surface area contributed by atoms with Gasteiger partial charge in [-0.1, -0.05) is 145 Å². The fourth-order valence-corrected chi connectivity index (χ4v) is 9.30. The molecule has 248 valence electrons. The summed E-state index contributed by atoms with van der Waals surface area (Å²) in [5, 5.41) is 7.59. The van der Waals surface area contributed by atoms with Crippen molar-refractivity contribution in [1.82, 2.24) is 4.57 Å². The van der Waals surface area contributed by atoms with Gasteiger partial charge in [0.2, 0.25) is 0 Å². The molecule has 0 unspecified atom stereocenters. The summed E-state index contributed by atoms with van der Waals surface area (Å²) >= 11 is 1.87. The van der Waals surface area contributed by atoms with Gasteiger partial charge in [-0.3, -0.25) is 0 Å². The van der Waals surface area contributed by atoms with E-state index in [1.807, 2.05) is 11.8 Å². The van der Waals surface area contributed by atoms with E-state index in [0.29, 0.717) is 0 Å². The molecule has 11 rings (SSSR count). The zero-order valence-electron chi connectivity index (χ0n) is 28.8. The Labute approximate surface area is 312 Å². The van der Waals surface area contributed by atoms with Crippen molar-refractivity contribution in [2.24, 2.45) is 0 Å². The first kappa shape index (κ1) is 30.1. The summed E-state index contributed by atoms with van der Waals surface area (Å²) in [6.07, 6.45) is 0. The van der Waals surface area contributed by atoms with Gasteiger partial charge >= 0.3 is 0 Å². The fraction of sp³-hybridized carbons (Fsp3) is 0. The first-order chi connectivity index (χ1) is 26.3. The number of para-hydroxylation sites is 2. The molecule has 0 spiro atoms. The van der Waals surface area contributed by atoms with E-state index in [4.69, 9.17) is 0 Å². The molecule has 2 nitrogen and oxygen atoms in total. The highest BCUT2D eigenvalue weighted by molar-refractivity contribution is 7.99. The topological polar surface area (TPSA) is 8.17 Å². The van der Waals surface area contributed by atoms with Gasteiger partial charge in [0.15, 0.2) is 0 Å². The molecule has 0 atom stereocenters. The highest BCUT2D eigenvalue weighted by Crippen LogP contribution is 2.48. The van der Waals surface area contributed by atoms with Gasteiger partial charge in [-0.2, -0.15) is 0 Å². The minimum Gasteiger partial charge on any atom is -0.310 e. The maximum Gasteiger partial charge on any atom is 0.0681 e. The van der Waals surface area contributed by atoms with Crippen molar-refractivity contribution in [1.29, 1.82) is 0 Å². The molecule has 53 heavy (non-hydrogen) atoms. The van der Waals surface area contributed by atoms with Crippen LogP contribution in [0.25, 0.3) is 71.3 Å². The van der Waals surface area contributed by atoms with Gasteiger partial charge in [-0.05, 0) is 104 Å². The van der Waals surface area contributed by atoms with Crippen molar-refractivity contribution < 1.29 is 0 Å². The molecule has 0 fully saturated rings. The van der Waals surface area contributed by atoms with E-state index in [2.05, 4.69) is 204 Å². The van der Waals surface area contributed by atoms with Gasteiger partial charge in [0.05, 0.1) is 16.7 Å². The highest BCUT2D eigenvalue weighted by atomic mass is 32.2. The van der Waals surface area contributed by atoms with Crippen LogP contribution < -0.4 is 4.90 Å². The molecule has 0 radical (unpaired) electrons. The van der Waals surface area contributed by atoms with Gasteiger partial charge in [0.25, 0.3) is 0 Å². The summed E-state index contributed by atoms with van der Waals surface area (Å²) in [5.74, 6) is 0. The Balaban J connectivity index is 1.00. The molecular formula is C50H32N2S. The Kier molecular flexibility index (Phi) is 6.83. The van der Waals surface area contributed by atoms with E-state index in [9.17, 15) is 0 Å². The molecule has 9 aromatic carbocycles. The van der Waals surface area contributed by atoms with Crippen LogP contribution >= 0.6 is 11.8 Å². The highest BCUT2D eigenvalue weighted by Gasteiger charge is 2.23. The molecule has 1 aliphatic rings. The lowest BCUT2D eigenvalue weighted by atomic mass is 9.98. The molecule has 0 bridgehead atoms. The molecule has 0 N–H and O–H groups in total. The number of anilines is 3. The first-order valence-corrected chi connectivity index (χ1v) is 18.9. The van der Waals surface area contributed by atoms with E-state index in [1.165, 1.54) is 81.1 Å². The van der Waals surface area contributed by atoms with E-state index >= 15 is 0 Å². The number of hydrogen-bond donors (Lipinski definition) is 0. The molecule has 0 amide bonds. The number of aromatic nitrogens is 1. The number of fused-ring (bicyclic) bond motifs is 7. The fourth-order valence-electron chi connectivity index (χ4n) is 8.23. The molecule has 1 aliphatic heterocycles. The van der Waals surface area contributed by atoms with E-state index in [1.54, 1.807) is 0 Å². The second kappa shape index (κ2) is 12.0. The van der Waals surface area contributed by atoms with Crippen LogP contribution in [0.4, 0.5) is 17.1 Å². The predicted octanol–water partition coefficient (Wildman–Crippen LogP) is 14.4. The van der Waals surface area contributed by atoms with E-state index < -0.39 is 0 Å². The molecule has 10 aromatic rings. The second-order valence-corrected chi connectivity index (χ2v) is 14.9. The van der Waals surface area contributed by atoms with Crippen LogP contribution in [0.3, 0.4) is 0 Å². The maximum absolute atomic E-state index is 2.47. The summed E-state index contributed by atoms with van der Waals surface area (Å²) in [5.41, 5.74) is 12.0. The van der Waals surface area contributed by atoms with Crippen molar-refractivity contribution in [2.75, 3.05) is 4.90 Å². The zero-order chi connectivity index (χ0) is 34.9. The molecule has 0 saturated carbocycles. The third-order valence-corrected chi connectivity index (χ3v) is 11.9. The van der Waals surface area contributed by atoms with Crippen molar-refractivity contribution in [3.63, 3.8) is 0 Å². The van der Waals surface area contributed by atoms with Gasteiger partial charge in [-0.25, -0.2) is 0 Å². The molecule has 1 aromatic heterocycles. The van der Waals surface area contributed by atoms with E-state index in [-0.39, 0.29) is 0 Å². The largest absolute Gasteiger partial charge is 0.310 e. The van der Waals surface area contributed by atoms with Gasteiger partial charge < -0.3 is 9.47 Å². The number of benzene rings is 9. The summed E-state index contributed by atoms with van der Waals surface area (Å²) in [4.78, 5) is 4.95. The van der Waals surface area contributed by atoms with Crippen LogP contribution in [-0.2, 0) is 0 Å². The lowest BCUT2D eigenvalue weighted by Gasteiger charge is -2.26. The quantitative estimate of drug-likeness (QED) is 0.177. The summed E-state index contributed by atoms with van der Waals surface area (Å²) in [6.45, 7) is 0. The molecular weight excluding hydrogens is 661 g/mol. The summed E-state index contributed by atoms with van der Waals surface area (Å²) < 4.78 is 2.47. The predicted molar refractivity (Wildman–Crippen MR) is 225 cm³/mol. The van der Waals surface area contributed by atoms with Crippen LogP contribution in [0.5, 0.6) is 0 Å². The third-order valence-electron chi connectivity index (χ3n) is 10.8. The number of nitrogens with zero attached hydrogens (tertiary/aromatic N) is 2. The maximum atomic E-state index is 2.47. The third kappa shape index (κ3) is 4.89. The van der Waals surface area contributed by atoms with Crippen LogP contribution in [0.2, 0.25) is 0 Å². The average Bonchev–Trinajstić information content (AvgIpc) is 3.57. The Morgan fingerprint density at radius 3 is 1.83 bits per heavy atom. The Morgan fingerprint density at radius 2 is 1.00 bits per heavy atom. The number of hydrogen-bond acceptors (Lipinski definition) is 2. The van der Waals surface area contributed by atoms with Gasteiger partial charge in [0.1, 0.15) is 0 Å². The normalized spacial score (nSPS) is 12.1. The Bertz CT molecular complexity index is 3020. The van der Waals surface area contributed by atoms with Crippen LogP contribution in [0, 0.1) is 0 Å². The second-order valence-electron chi connectivity index (χ2n) is 13.8. The Hall–Kier alpha value is -6.55. The molecule has 0 aliphatic carbocycles. The van der Waals surface area contributed by atoms with Crippen molar-refractivity contribution >= 4 is 72.2 Å². The lowest BCUT2D eigenvalue weighted by molar-refractivity contribution is 1.09. The Morgan fingerprint density at radius 1 is 0.377 bits per heavy atom. The first-order valence-electron chi connectivity index (χ1n) is 18.1. The van der Waals surface area contributed by atoms with Crippen LogP contribution in [0.15, 0.2) is 204 Å². The number of rotatable bonds is 5. The summed E-state index contributed by atoms with van der Waals surface area (Å²) in [6, 6.07) is 71.0. The van der Waals surface area contributed by atoms with Crippen molar-refractivity contribution in [2.45, 2.75) is 9.79 Å². The summed E-state index contributed by atoms with van der Waals surface area (Å²) in [7, 11) is 0. The molecule has 3 heteroatoms. The van der Waals surface area contributed by atoms with Gasteiger partial charge in [0, 0.05) is 37.6 Å². The lowest BCUT2D eigenvalue weighted by Crippen LogP contribution is -2.09. The molecule has 2 heterocycles. The van der Waals surface area contributed by atoms with E-state index in [0.717, 1.165) is 17.1 Å². The zero-order valence-corrected chi connectivity index (χ0v) is 29.6.